The van der Waals surface area contributed by atoms with Crippen LogP contribution >= 0.6 is 15.9 Å². The van der Waals surface area contributed by atoms with Gasteiger partial charge in [-0.2, -0.15) is 0 Å². The molecule has 0 aromatic heterocycles. The van der Waals surface area contributed by atoms with Gasteiger partial charge in [0, 0.05) is 0 Å². The van der Waals surface area contributed by atoms with Crippen LogP contribution in [0.1, 0.15) is 32.3 Å². The average molecular weight is 300 g/mol. The zero-order chi connectivity index (χ0) is 12.9. The van der Waals surface area contributed by atoms with Gasteiger partial charge in [-0.05, 0) is 64.8 Å². The second kappa shape index (κ2) is 6.41. The van der Waals surface area contributed by atoms with Crippen LogP contribution in [-0.4, -0.2) is 13.7 Å². The van der Waals surface area contributed by atoms with E-state index in [0.29, 0.717) is 5.41 Å². The molecule has 1 aromatic rings. The minimum absolute atomic E-state index is 0.321. The molecule has 3 heteroatoms. The van der Waals surface area contributed by atoms with E-state index in [1.165, 1.54) is 5.56 Å². The fraction of sp³-hybridized carbons (Fsp3) is 0.571. The van der Waals surface area contributed by atoms with Crippen LogP contribution in [0.4, 0.5) is 0 Å². The summed E-state index contributed by atoms with van der Waals surface area (Å²) in [6, 6.07) is 6.27. The minimum atomic E-state index is 0.321. The van der Waals surface area contributed by atoms with Crippen LogP contribution in [0, 0.1) is 5.41 Å². The van der Waals surface area contributed by atoms with Gasteiger partial charge >= 0.3 is 0 Å². The molecular formula is C14H22BrNO. The molecule has 0 atom stereocenters. The second-order valence-electron chi connectivity index (χ2n) is 5.17. The zero-order valence-electron chi connectivity index (χ0n) is 10.9. The molecule has 0 fully saturated rings. The molecule has 2 nitrogen and oxygen atoms in total. The highest BCUT2D eigenvalue weighted by molar-refractivity contribution is 9.10. The molecule has 0 unspecified atom stereocenters. The fourth-order valence-electron chi connectivity index (χ4n) is 1.86. The summed E-state index contributed by atoms with van der Waals surface area (Å²) in [7, 11) is 1.68. The first-order valence-electron chi connectivity index (χ1n) is 6.01. The smallest absolute Gasteiger partial charge is 0.133 e. The van der Waals surface area contributed by atoms with Crippen molar-refractivity contribution in [2.45, 2.75) is 33.1 Å². The van der Waals surface area contributed by atoms with Crippen molar-refractivity contribution in [1.29, 1.82) is 0 Å². The van der Waals surface area contributed by atoms with Crippen molar-refractivity contribution in [3.05, 3.63) is 28.2 Å². The van der Waals surface area contributed by atoms with E-state index in [1.807, 2.05) is 6.07 Å². The number of ether oxygens (including phenoxy) is 1. The summed E-state index contributed by atoms with van der Waals surface area (Å²) in [6.07, 6.45) is 3.31. The van der Waals surface area contributed by atoms with E-state index < -0.39 is 0 Å². The van der Waals surface area contributed by atoms with Crippen LogP contribution in [0.3, 0.4) is 0 Å². The number of hydrogen-bond acceptors (Lipinski definition) is 2. The van der Waals surface area contributed by atoms with E-state index in [4.69, 9.17) is 10.5 Å². The van der Waals surface area contributed by atoms with Gasteiger partial charge in [0.25, 0.3) is 0 Å². The van der Waals surface area contributed by atoms with E-state index in [0.717, 1.165) is 36.0 Å². The van der Waals surface area contributed by atoms with Gasteiger partial charge in [-0.15, -0.1) is 0 Å². The largest absolute Gasteiger partial charge is 0.496 e. The van der Waals surface area contributed by atoms with Crippen molar-refractivity contribution in [3.8, 4) is 5.75 Å². The van der Waals surface area contributed by atoms with E-state index in [9.17, 15) is 0 Å². The highest BCUT2D eigenvalue weighted by Crippen LogP contribution is 2.29. The molecule has 1 rings (SSSR count). The Morgan fingerprint density at radius 1 is 1.29 bits per heavy atom. The molecular weight excluding hydrogens is 278 g/mol. The predicted octanol–water partition coefficient (Wildman–Crippen LogP) is 3.77. The van der Waals surface area contributed by atoms with Crippen molar-refractivity contribution in [2.24, 2.45) is 11.1 Å². The molecule has 2 N–H and O–H groups in total. The number of benzene rings is 1. The zero-order valence-corrected chi connectivity index (χ0v) is 12.5. The molecule has 1 aromatic carbocycles. The molecule has 17 heavy (non-hydrogen) atoms. The van der Waals surface area contributed by atoms with Crippen molar-refractivity contribution in [3.63, 3.8) is 0 Å². The summed E-state index contributed by atoms with van der Waals surface area (Å²) in [4.78, 5) is 0. The van der Waals surface area contributed by atoms with Crippen LogP contribution in [-0.2, 0) is 6.42 Å². The average Bonchev–Trinajstić information content (AvgIpc) is 2.27. The van der Waals surface area contributed by atoms with Gasteiger partial charge in [0.2, 0.25) is 0 Å². The summed E-state index contributed by atoms with van der Waals surface area (Å²) < 4.78 is 6.24. The van der Waals surface area contributed by atoms with Crippen molar-refractivity contribution in [2.75, 3.05) is 13.7 Å². The van der Waals surface area contributed by atoms with Gasteiger partial charge in [-0.1, -0.05) is 19.9 Å². The lowest BCUT2D eigenvalue weighted by molar-refractivity contribution is 0.313. The molecule has 0 bridgehead atoms. The number of nitrogens with two attached hydrogens (primary N) is 1. The van der Waals surface area contributed by atoms with Gasteiger partial charge in [0.1, 0.15) is 5.75 Å². The summed E-state index contributed by atoms with van der Waals surface area (Å²) in [5, 5.41) is 0. The second-order valence-corrected chi connectivity index (χ2v) is 6.03. The highest BCUT2D eigenvalue weighted by atomic mass is 79.9. The molecule has 96 valence electrons. The maximum absolute atomic E-state index is 5.62. The van der Waals surface area contributed by atoms with Crippen LogP contribution in [0.5, 0.6) is 5.75 Å². The van der Waals surface area contributed by atoms with Gasteiger partial charge < -0.3 is 10.5 Å². The topological polar surface area (TPSA) is 35.2 Å². The molecule has 0 heterocycles. The molecule has 0 aliphatic carbocycles. The third kappa shape index (κ3) is 4.68. The summed E-state index contributed by atoms with van der Waals surface area (Å²) in [5.74, 6) is 0.884. The summed E-state index contributed by atoms with van der Waals surface area (Å²) in [6.45, 7) is 5.32. The molecule has 0 saturated carbocycles. The van der Waals surface area contributed by atoms with Crippen LogP contribution in [0.2, 0.25) is 0 Å². The highest BCUT2D eigenvalue weighted by Gasteiger charge is 2.16. The Morgan fingerprint density at radius 3 is 2.53 bits per heavy atom. The van der Waals surface area contributed by atoms with Crippen molar-refractivity contribution in [1.82, 2.24) is 0 Å². The Labute approximate surface area is 113 Å². The normalized spacial score (nSPS) is 11.6. The first kappa shape index (κ1) is 14.5. The van der Waals surface area contributed by atoms with Crippen LogP contribution in [0.15, 0.2) is 22.7 Å². The Morgan fingerprint density at radius 2 is 2.00 bits per heavy atom. The van der Waals surface area contributed by atoms with E-state index in [-0.39, 0.29) is 0 Å². The maximum atomic E-state index is 5.62. The van der Waals surface area contributed by atoms with Gasteiger partial charge in [-0.25, -0.2) is 0 Å². The first-order chi connectivity index (χ1) is 7.98. The number of rotatable bonds is 6. The van der Waals surface area contributed by atoms with Crippen molar-refractivity contribution < 1.29 is 4.74 Å². The first-order valence-corrected chi connectivity index (χ1v) is 6.80. The summed E-state index contributed by atoms with van der Waals surface area (Å²) in [5.41, 5.74) is 7.28. The molecule has 0 spiro atoms. The lowest BCUT2D eigenvalue weighted by Gasteiger charge is -2.23. The molecule has 0 aliphatic rings. The molecule has 0 aliphatic heterocycles. The minimum Gasteiger partial charge on any atom is -0.496 e. The Balaban J connectivity index is 2.61. The van der Waals surface area contributed by atoms with Gasteiger partial charge in [0.05, 0.1) is 11.6 Å². The maximum Gasteiger partial charge on any atom is 0.133 e. The third-order valence-corrected chi connectivity index (χ3v) is 3.75. The van der Waals surface area contributed by atoms with Gasteiger partial charge in [-0.3, -0.25) is 0 Å². The van der Waals surface area contributed by atoms with Gasteiger partial charge in [0.15, 0.2) is 0 Å². The summed E-state index contributed by atoms with van der Waals surface area (Å²) >= 11 is 3.51. The Bertz CT molecular complexity index is 363. The predicted molar refractivity (Wildman–Crippen MR) is 76.5 cm³/mol. The van der Waals surface area contributed by atoms with Crippen LogP contribution < -0.4 is 10.5 Å². The quantitative estimate of drug-likeness (QED) is 0.868. The third-order valence-electron chi connectivity index (χ3n) is 3.13. The van der Waals surface area contributed by atoms with E-state index in [2.05, 4.69) is 41.9 Å². The lowest BCUT2D eigenvalue weighted by atomic mass is 9.83. The number of hydrogen-bond donors (Lipinski definition) is 1. The standard InChI is InChI=1S/C14H22BrNO/c1-14(2,8-9-16)7-6-11-4-5-13(17-3)12(15)10-11/h4-5,10H,6-9,16H2,1-3H3. The fourth-order valence-corrected chi connectivity index (χ4v) is 2.45. The number of halogens is 1. The number of aryl methyl sites for hydroxylation is 1. The Kier molecular flexibility index (Phi) is 5.47. The Hall–Kier alpha value is -0.540. The lowest BCUT2D eigenvalue weighted by Crippen LogP contribution is -2.17. The molecule has 0 saturated heterocycles. The van der Waals surface area contributed by atoms with Crippen molar-refractivity contribution >= 4 is 15.9 Å². The van der Waals surface area contributed by atoms with Crippen LogP contribution in [0.25, 0.3) is 0 Å². The van der Waals surface area contributed by atoms with E-state index >= 15 is 0 Å². The molecule has 0 radical (unpaired) electrons. The van der Waals surface area contributed by atoms with E-state index in [1.54, 1.807) is 7.11 Å². The monoisotopic (exact) mass is 299 g/mol. The SMILES string of the molecule is COc1ccc(CCC(C)(C)CCN)cc1Br. The number of methoxy groups -OCH3 is 1. The molecule has 0 amide bonds.